The van der Waals surface area contributed by atoms with Gasteiger partial charge in [0, 0.05) is 5.33 Å². The molecule has 0 aliphatic heterocycles. The lowest BCUT2D eigenvalue weighted by Crippen LogP contribution is -2.11. The first-order valence-corrected chi connectivity index (χ1v) is 5.46. The van der Waals surface area contributed by atoms with Gasteiger partial charge in [-0.1, -0.05) is 28.1 Å². The topological polar surface area (TPSA) is 46.5 Å². The van der Waals surface area contributed by atoms with Crippen LogP contribution < -0.4 is 4.74 Å². The van der Waals surface area contributed by atoms with E-state index in [1.54, 1.807) is 12.1 Å². The minimum Gasteiger partial charge on any atom is -0.478 e. The smallest absolute Gasteiger partial charge is 0.387 e. The zero-order valence-electron chi connectivity index (χ0n) is 8.34. The molecule has 0 fully saturated rings. The Morgan fingerprint density at radius 1 is 1.56 bits per heavy atom. The first kappa shape index (κ1) is 12.9. The van der Waals surface area contributed by atoms with Crippen LogP contribution in [-0.4, -0.2) is 17.7 Å². The Morgan fingerprint density at radius 2 is 2.19 bits per heavy atom. The first-order chi connectivity index (χ1) is 7.47. The third-order valence-electron chi connectivity index (χ3n) is 2.01. The Balaban J connectivity index is 3.35. The van der Waals surface area contributed by atoms with E-state index in [1.165, 1.54) is 6.92 Å². The van der Waals surface area contributed by atoms with E-state index in [1.807, 2.05) is 0 Å². The molecule has 0 atom stereocenters. The van der Waals surface area contributed by atoms with Gasteiger partial charge in [-0.15, -0.1) is 0 Å². The Labute approximate surface area is 99.2 Å². The molecule has 1 aromatic carbocycles. The van der Waals surface area contributed by atoms with Crippen LogP contribution in [0.5, 0.6) is 5.75 Å². The van der Waals surface area contributed by atoms with Crippen molar-refractivity contribution in [2.75, 3.05) is 0 Å². The molecule has 0 aliphatic carbocycles. The van der Waals surface area contributed by atoms with Crippen LogP contribution in [0, 0.1) is 6.92 Å². The number of aryl methyl sites for hydroxylation is 1. The number of alkyl halides is 3. The predicted octanol–water partition coefficient (Wildman–Crippen LogP) is 3.19. The van der Waals surface area contributed by atoms with Crippen molar-refractivity contribution in [3.05, 3.63) is 28.8 Å². The molecular weight excluding hydrogens is 286 g/mol. The van der Waals surface area contributed by atoms with Crippen LogP contribution in [0.2, 0.25) is 0 Å². The van der Waals surface area contributed by atoms with Gasteiger partial charge in [-0.25, -0.2) is 4.79 Å². The van der Waals surface area contributed by atoms with Crippen molar-refractivity contribution in [1.82, 2.24) is 0 Å². The fourth-order valence-corrected chi connectivity index (χ4v) is 1.78. The highest BCUT2D eigenvalue weighted by atomic mass is 79.9. The highest BCUT2D eigenvalue weighted by Gasteiger charge is 2.20. The molecule has 0 saturated heterocycles. The molecule has 1 aromatic rings. The third-order valence-corrected chi connectivity index (χ3v) is 2.61. The molecule has 0 bridgehead atoms. The van der Waals surface area contributed by atoms with Gasteiger partial charge in [0.25, 0.3) is 0 Å². The molecule has 0 unspecified atom stereocenters. The van der Waals surface area contributed by atoms with Gasteiger partial charge in [0.1, 0.15) is 11.3 Å². The predicted molar refractivity (Wildman–Crippen MR) is 57.4 cm³/mol. The number of rotatable bonds is 4. The minimum absolute atomic E-state index is 0.225. The quantitative estimate of drug-likeness (QED) is 0.868. The average Bonchev–Trinajstić information content (AvgIpc) is 2.19. The van der Waals surface area contributed by atoms with E-state index in [0.29, 0.717) is 11.1 Å². The summed E-state index contributed by atoms with van der Waals surface area (Å²) in [6.07, 6.45) is 0. The van der Waals surface area contributed by atoms with E-state index >= 15 is 0 Å². The number of aromatic carboxylic acids is 1. The minimum atomic E-state index is -3.04. The maximum absolute atomic E-state index is 12.2. The SMILES string of the molecule is Cc1ccc(CBr)c(C(=O)O)c1OC(F)F. The Morgan fingerprint density at radius 3 is 2.62 bits per heavy atom. The first-order valence-electron chi connectivity index (χ1n) is 4.34. The van der Waals surface area contributed by atoms with E-state index < -0.39 is 12.6 Å². The molecule has 0 amide bonds. The van der Waals surface area contributed by atoms with Crippen molar-refractivity contribution in [2.45, 2.75) is 18.9 Å². The zero-order chi connectivity index (χ0) is 12.3. The zero-order valence-corrected chi connectivity index (χ0v) is 9.92. The monoisotopic (exact) mass is 294 g/mol. The van der Waals surface area contributed by atoms with Crippen LogP contribution in [0.15, 0.2) is 12.1 Å². The lowest BCUT2D eigenvalue weighted by atomic mass is 10.0. The molecule has 0 saturated carbocycles. The number of halogens is 3. The third kappa shape index (κ3) is 2.69. The van der Waals surface area contributed by atoms with Gasteiger partial charge < -0.3 is 9.84 Å². The Kier molecular flexibility index (Phi) is 4.23. The van der Waals surface area contributed by atoms with Crippen molar-refractivity contribution in [3.8, 4) is 5.75 Å². The molecule has 3 nitrogen and oxygen atoms in total. The summed E-state index contributed by atoms with van der Waals surface area (Å²) < 4.78 is 28.6. The van der Waals surface area contributed by atoms with Crippen molar-refractivity contribution in [3.63, 3.8) is 0 Å². The maximum Gasteiger partial charge on any atom is 0.387 e. The van der Waals surface area contributed by atoms with E-state index in [9.17, 15) is 13.6 Å². The molecule has 88 valence electrons. The molecule has 1 rings (SSSR count). The molecule has 1 N–H and O–H groups in total. The van der Waals surface area contributed by atoms with Crippen LogP contribution in [-0.2, 0) is 5.33 Å². The fraction of sp³-hybridized carbons (Fsp3) is 0.300. The Bertz CT molecular complexity index is 407. The van der Waals surface area contributed by atoms with Gasteiger partial charge in [0.2, 0.25) is 0 Å². The number of carboxylic acids is 1. The molecule has 16 heavy (non-hydrogen) atoms. The molecular formula is C10H9BrF2O3. The van der Waals surface area contributed by atoms with Crippen molar-refractivity contribution in [1.29, 1.82) is 0 Å². The largest absolute Gasteiger partial charge is 0.478 e. The number of benzene rings is 1. The second-order valence-corrected chi connectivity index (χ2v) is 3.62. The van der Waals surface area contributed by atoms with Gasteiger partial charge in [-0.2, -0.15) is 8.78 Å². The summed E-state index contributed by atoms with van der Waals surface area (Å²) in [6.45, 7) is -1.52. The number of carboxylic acid groups (broad SMARTS) is 1. The lowest BCUT2D eigenvalue weighted by Gasteiger charge is -2.13. The van der Waals surface area contributed by atoms with E-state index in [-0.39, 0.29) is 16.6 Å². The summed E-state index contributed by atoms with van der Waals surface area (Å²) in [4.78, 5) is 11.0. The molecule has 6 heteroatoms. The summed E-state index contributed by atoms with van der Waals surface area (Å²) in [7, 11) is 0. The summed E-state index contributed by atoms with van der Waals surface area (Å²) in [6, 6.07) is 3.10. The second kappa shape index (κ2) is 5.25. The van der Waals surface area contributed by atoms with Crippen LogP contribution in [0.1, 0.15) is 21.5 Å². The molecule has 0 aliphatic rings. The second-order valence-electron chi connectivity index (χ2n) is 3.06. The molecule has 0 heterocycles. The number of hydrogen-bond donors (Lipinski definition) is 1. The summed E-state index contributed by atoms with van der Waals surface area (Å²) >= 11 is 3.10. The summed E-state index contributed by atoms with van der Waals surface area (Å²) in [5, 5.41) is 9.23. The van der Waals surface area contributed by atoms with E-state index in [4.69, 9.17) is 5.11 Å². The van der Waals surface area contributed by atoms with Gasteiger partial charge in [-0.3, -0.25) is 0 Å². The van der Waals surface area contributed by atoms with Gasteiger partial charge >= 0.3 is 12.6 Å². The van der Waals surface area contributed by atoms with Crippen molar-refractivity contribution >= 4 is 21.9 Å². The Hall–Kier alpha value is -1.17. The molecule has 0 spiro atoms. The summed E-state index contributed by atoms with van der Waals surface area (Å²) in [5.74, 6) is -1.56. The summed E-state index contributed by atoms with van der Waals surface area (Å²) in [5.41, 5.74) is 0.535. The van der Waals surface area contributed by atoms with Crippen LogP contribution >= 0.6 is 15.9 Å². The normalized spacial score (nSPS) is 10.6. The van der Waals surface area contributed by atoms with Crippen LogP contribution in [0.3, 0.4) is 0 Å². The number of hydrogen-bond acceptors (Lipinski definition) is 2. The average molecular weight is 295 g/mol. The molecule has 0 aromatic heterocycles. The van der Waals surface area contributed by atoms with Crippen LogP contribution in [0.4, 0.5) is 8.78 Å². The highest BCUT2D eigenvalue weighted by molar-refractivity contribution is 9.08. The lowest BCUT2D eigenvalue weighted by molar-refractivity contribution is -0.0508. The molecule has 0 radical (unpaired) electrons. The maximum atomic E-state index is 12.2. The van der Waals surface area contributed by atoms with Crippen molar-refractivity contribution < 1.29 is 23.4 Å². The van der Waals surface area contributed by atoms with Gasteiger partial charge in [-0.05, 0) is 18.1 Å². The van der Waals surface area contributed by atoms with Gasteiger partial charge in [0.05, 0.1) is 0 Å². The van der Waals surface area contributed by atoms with Gasteiger partial charge in [0.15, 0.2) is 0 Å². The van der Waals surface area contributed by atoms with E-state index in [2.05, 4.69) is 20.7 Å². The number of ether oxygens (including phenoxy) is 1. The standard InChI is InChI=1S/C10H9BrF2O3/c1-5-2-3-6(4-11)7(9(14)15)8(5)16-10(12)13/h2-3,10H,4H2,1H3,(H,14,15). The number of carbonyl (C=O) groups is 1. The highest BCUT2D eigenvalue weighted by Crippen LogP contribution is 2.29. The van der Waals surface area contributed by atoms with Crippen LogP contribution in [0.25, 0.3) is 0 Å². The fourth-order valence-electron chi connectivity index (χ4n) is 1.31. The van der Waals surface area contributed by atoms with Crippen molar-refractivity contribution in [2.24, 2.45) is 0 Å². The van der Waals surface area contributed by atoms with E-state index in [0.717, 1.165) is 0 Å².